The van der Waals surface area contributed by atoms with E-state index in [1.54, 1.807) is 7.11 Å². The van der Waals surface area contributed by atoms with Gasteiger partial charge in [-0.1, -0.05) is 47.1 Å². The zero-order valence-corrected chi connectivity index (χ0v) is 12.0. The van der Waals surface area contributed by atoms with Crippen molar-refractivity contribution in [2.75, 3.05) is 12.8 Å². The molecule has 4 nitrogen and oxygen atoms in total. The van der Waals surface area contributed by atoms with Crippen LogP contribution in [0.2, 0.25) is 0 Å². The molecular weight excluding hydrogens is 264 g/mol. The van der Waals surface area contributed by atoms with Crippen molar-refractivity contribution in [2.24, 2.45) is 0 Å². The minimum absolute atomic E-state index is 0.288. The first-order valence-electron chi connectivity index (χ1n) is 6.66. The van der Waals surface area contributed by atoms with Gasteiger partial charge in [-0.15, -0.1) is 0 Å². The summed E-state index contributed by atoms with van der Waals surface area (Å²) in [6.45, 7) is 2.04. The monoisotopic (exact) mass is 280 g/mol. The Bertz CT molecular complexity index is 778. The Balaban J connectivity index is 2.22. The highest BCUT2D eigenvalue weighted by Gasteiger charge is 2.20. The molecular formula is C17H16N2O2. The number of aryl methyl sites for hydroxylation is 1. The third-order valence-electron chi connectivity index (χ3n) is 3.39. The number of hydrogen-bond donors (Lipinski definition) is 1. The highest BCUT2D eigenvalue weighted by molar-refractivity contribution is 5.89. The molecule has 3 aromatic rings. The lowest BCUT2D eigenvalue weighted by Crippen LogP contribution is -1.92. The molecule has 21 heavy (non-hydrogen) atoms. The number of para-hydroxylation sites is 1. The molecule has 0 aliphatic rings. The Morgan fingerprint density at radius 3 is 2.67 bits per heavy atom. The minimum atomic E-state index is 0.288. The third-order valence-corrected chi connectivity index (χ3v) is 3.39. The summed E-state index contributed by atoms with van der Waals surface area (Å²) in [5.74, 6) is 1.03. The molecule has 0 amide bonds. The van der Waals surface area contributed by atoms with Crippen molar-refractivity contribution in [1.29, 1.82) is 0 Å². The van der Waals surface area contributed by atoms with Crippen molar-refractivity contribution in [3.8, 4) is 28.1 Å². The van der Waals surface area contributed by atoms with E-state index in [0.717, 1.165) is 33.7 Å². The first kappa shape index (κ1) is 13.2. The third kappa shape index (κ3) is 2.36. The number of nitrogens with zero attached hydrogens (tertiary/aromatic N) is 1. The number of hydrogen-bond acceptors (Lipinski definition) is 4. The molecule has 0 saturated carbocycles. The maximum Gasteiger partial charge on any atom is 0.230 e. The molecule has 0 atom stereocenters. The molecule has 4 heteroatoms. The second-order valence-corrected chi connectivity index (χ2v) is 4.84. The molecule has 0 radical (unpaired) electrons. The molecule has 1 aromatic heterocycles. The predicted molar refractivity (Wildman–Crippen MR) is 83.1 cm³/mol. The van der Waals surface area contributed by atoms with Gasteiger partial charge in [-0.05, 0) is 19.1 Å². The van der Waals surface area contributed by atoms with Crippen LogP contribution in [0, 0.1) is 6.92 Å². The van der Waals surface area contributed by atoms with Gasteiger partial charge in [0.2, 0.25) is 5.88 Å². The van der Waals surface area contributed by atoms with Crippen LogP contribution in [-0.2, 0) is 0 Å². The lowest BCUT2D eigenvalue weighted by atomic mass is 9.99. The van der Waals surface area contributed by atoms with Crippen LogP contribution in [0.5, 0.6) is 5.75 Å². The van der Waals surface area contributed by atoms with Crippen LogP contribution in [0.1, 0.15) is 5.56 Å². The van der Waals surface area contributed by atoms with Gasteiger partial charge in [0.05, 0.1) is 12.7 Å². The molecule has 0 saturated heterocycles. The number of nitrogens with two attached hydrogens (primary N) is 1. The van der Waals surface area contributed by atoms with Crippen molar-refractivity contribution >= 4 is 5.88 Å². The standard InChI is InChI=1S/C17H16N2O2/c1-11-6-5-7-12(10-11)16-15(17(18)21-19-16)13-8-3-4-9-14(13)20-2/h3-10H,18H2,1-2H3. The van der Waals surface area contributed by atoms with Gasteiger partial charge in [0.1, 0.15) is 11.4 Å². The van der Waals surface area contributed by atoms with Gasteiger partial charge in [-0.3, -0.25) is 0 Å². The molecule has 106 valence electrons. The summed E-state index contributed by atoms with van der Waals surface area (Å²) in [4.78, 5) is 0. The highest BCUT2D eigenvalue weighted by atomic mass is 16.5. The van der Waals surface area contributed by atoms with Gasteiger partial charge in [0.25, 0.3) is 0 Å². The molecule has 0 bridgehead atoms. The van der Waals surface area contributed by atoms with Crippen LogP contribution in [0.4, 0.5) is 5.88 Å². The molecule has 0 fully saturated rings. The molecule has 0 aliphatic carbocycles. The van der Waals surface area contributed by atoms with E-state index < -0.39 is 0 Å². The number of ether oxygens (including phenoxy) is 1. The zero-order valence-electron chi connectivity index (χ0n) is 12.0. The Hall–Kier alpha value is -2.75. The van der Waals surface area contributed by atoms with E-state index in [4.69, 9.17) is 15.0 Å². The van der Waals surface area contributed by atoms with E-state index in [1.807, 2.05) is 49.4 Å². The maximum absolute atomic E-state index is 5.99. The van der Waals surface area contributed by atoms with E-state index in [1.165, 1.54) is 0 Å². The number of nitrogen functional groups attached to an aromatic ring is 1. The smallest absolute Gasteiger partial charge is 0.230 e. The fourth-order valence-electron chi connectivity index (χ4n) is 2.40. The van der Waals surface area contributed by atoms with Crippen molar-refractivity contribution in [2.45, 2.75) is 6.92 Å². The lowest BCUT2D eigenvalue weighted by Gasteiger charge is -2.08. The highest BCUT2D eigenvalue weighted by Crippen LogP contribution is 2.40. The average molecular weight is 280 g/mol. The Labute approximate surface area is 123 Å². The van der Waals surface area contributed by atoms with Gasteiger partial charge in [0.15, 0.2) is 0 Å². The van der Waals surface area contributed by atoms with Crippen molar-refractivity contribution in [3.63, 3.8) is 0 Å². The van der Waals surface area contributed by atoms with Crippen molar-refractivity contribution < 1.29 is 9.26 Å². The van der Waals surface area contributed by atoms with Crippen molar-refractivity contribution in [1.82, 2.24) is 5.16 Å². The first-order chi connectivity index (χ1) is 10.2. The van der Waals surface area contributed by atoms with Crippen molar-refractivity contribution in [3.05, 3.63) is 54.1 Å². The summed E-state index contributed by atoms with van der Waals surface area (Å²) in [5.41, 5.74) is 10.5. The predicted octanol–water partition coefficient (Wildman–Crippen LogP) is 3.91. The van der Waals surface area contributed by atoms with Crippen LogP contribution >= 0.6 is 0 Å². The second kappa shape index (κ2) is 5.32. The number of aromatic nitrogens is 1. The van der Waals surface area contributed by atoms with Crippen LogP contribution in [0.15, 0.2) is 53.1 Å². The topological polar surface area (TPSA) is 61.3 Å². The zero-order chi connectivity index (χ0) is 14.8. The van der Waals surface area contributed by atoms with Crippen LogP contribution in [0.3, 0.4) is 0 Å². The molecule has 2 aromatic carbocycles. The van der Waals surface area contributed by atoms with E-state index in [9.17, 15) is 0 Å². The molecule has 0 aliphatic heterocycles. The minimum Gasteiger partial charge on any atom is -0.496 e. The molecule has 2 N–H and O–H groups in total. The van der Waals surface area contributed by atoms with Gasteiger partial charge in [0, 0.05) is 11.1 Å². The molecule has 0 spiro atoms. The van der Waals surface area contributed by atoms with E-state index in [2.05, 4.69) is 11.2 Å². The fourth-order valence-corrected chi connectivity index (χ4v) is 2.40. The quantitative estimate of drug-likeness (QED) is 0.790. The van der Waals surface area contributed by atoms with Gasteiger partial charge in [-0.2, -0.15) is 0 Å². The Morgan fingerprint density at radius 1 is 1.10 bits per heavy atom. The summed E-state index contributed by atoms with van der Waals surface area (Å²) >= 11 is 0. The van der Waals surface area contributed by atoms with Crippen LogP contribution in [0.25, 0.3) is 22.4 Å². The summed E-state index contributed by atoms with van der Waals surface area (Å²) in [6.07, 6.45) is 0. The average Bonchev–Trinajstić information content (AvgIpc) is 2.89. The SMILES string of the molecule is COc1ccccc1-c1c(-c2cccc(C)c2)noc1N. The number of anilines is 1. The fraction of sp³-hybridized carbons (Fsp3) is 0.118. The number of benzene rings is 2. The number of methoxy groups -OCH3 is 1. The first-order valence-corrected chi connectivity index (χ1v) is 6.66. The van der Waals surface area contributed by atoms with E-state index in [-0.39, 0.29) is 5.88 Å². The second-order valence-electron chi connectivity index (χ2n) is 4.84. The Morgan fingerprint density at radius 2 is 1.90 bits per heavy atom. The van der Waals surface area contributed by atoms with Crippen LogP contribution < -0.4 is 10.5 Å². The molecule has 1 heterocycles. The molecule has 0 unspecified atom stereocenters. The largest absolute Gasteiger partial charge is 0.496 e. The number of rotatable bonds is 3. The normalized spacial score (nSPS) is 10.6. The Kier molecular flexibility index (Phi) is 3.36. The van der Waals surface area contributed by atoms with E-state index in [0.29, 0.717) is 0 Å². The summed E-state index contributed by atoms with van der Waals surface area (Å²) in [6, 6.07) is 15.8. The lowest BCUT2D eigenvalue weighted by molar-refractivity contribution is 0.416. The van der Waals surface area contributed by atoms with E-state index >= 15 is 0 Å². The summed E-state index contributed by atoms with van der Waals surface area (Å²) in [7, 11) is 1.63. The van der Waals surface area contributed by atoms with Crippen LogP contribution in [-0.4, -0.2) is 12.3 Å². The van der Waals surface area contributed by atoms with Gasteiger partial charge >= 0.3 is 0 Å². The van der Waals surface area contributed by atoms with Gasteiger partial charge < -0.3 is 15.0 Å². The maximum atomic E-state index is 5.99. The molecule has 3 rings (SSSR count). The summed E-state index contributed by atoms with van der Waals surface area (Å²) < 4.78 is 10.6. The summed E-state index contributed by atoms with van der Waals surface area (Å²) in [5, 5.41) is 4.12. The van der Waals surface area contributed by atoms with Gasteiger partial charge in [-0.25, -0.2) is 0 Å².